The number of amides is 2. The Kier molecular flexibility index (Phi) is 2.96. The molecule has 0 radical (unpaired) electrons. The lowest BCUT2D eigenvalue weighted by molar-refractivity contribution is -0.123. The molecule has 0 spiro atoms. The Balaban J connectivity index is 1.94. The highest BCUT2D eigenvalue weighted by molar-refractivity contribution is 5.98. The fourth-order valence-electron chi connectivity index (χ4n) is 3.06. The van der Waals surface area contributed by atoms with Crippen molar-refractivity contribution in [1.82, 2.24) is 10.3 Å². The average Bonchev–Trinajstić information content (AvgIpc) is 2.81. The van der Waals surface area contributed by atoms with Crippen molar-refractivity contribution in [3.05, 3.63) is 17.8 Å². The van der Waals surface area contributed by atoms with E-state index in [4.69, 9.17) is 11.5 Å². The number of carbonyl (C=O) groups excluding carboxylic acids is 2. The predicted octanol–water partition coefficient (Wildman–Crippen LogP) is -0.522. The zero-order chi connectivity index (χ0) is 14.3. The number of nitrogens with two attached hydrogens (primary N) is 2. The van der Waals surface area contributed by atoms with Crippen LogP contribution in [0.1, 0.15) is 23.2 Å². The average molecular weight is 275 g/mol. The third kappa shape index (κ3) is 1.95. The highest BCUT2D eigenvalue weighted by atomic mass is 16.2. The Hall–Kier alpha value is -2.31. The third-order valence-corrected chi connectivity index (χ3v) is 4.08. The van der Waals surface area contributed by atoms with Crippen LogP contribution in [0.25, 0.3) is 0 Å². The molecule has 1 aromatic rings. The second-order valence-corrected chi connectivity index (χ2v) is 5.25. The van der Waals surface area contributed by atoms with Crippen LogP contribution in [-0.4, -0.2) is 35.9 Å². The second-order valence-electron chi connectivity index (χ2n) is 5.25. The van der Waals surface area contributed by atoms with Gasteiger partial charge < -0.3 is 21.7 Å². The number of hydrogen-bond acceptors (Lipinski definition) is 5. The molecule has 2 amide bonds. The summed E-state index contributed by atoms with van der Waals surface area (Å²) in [6.45, 7) is 1.42. The van der Waals surface area contributed by atoms with Crippen LogP contribution in [0.15, 0.2) is 12.3 Å². The summed E-state index contributed by atoms with van der Waals surface area (Å²) >= 11 is 0. The van der Waals surface area contributed by atoms with Gasteiger partial charge in [-0.3, -0.25) is 9.59 Å². The fraction of sp³-hybridized carbons (Fsp3) is 0.462. The first-order valence-electron chi connectivity index (χ1n) is 6.67. The molecule has 106 valence electrons. The molecule has 20 heavy (non-hydrogen) atoms. The van der Waals surface area contributed by atoms with E-state index in [9.17, 15) is 9.59 Å². The third-order valence-electron chi connectivity index (χ3n) is 4.08. The Morgan fingerprint density at radius 2 is 2.30 bits per heavy atom. The normalized spacial score (nSPS) is 25.2. The van der Waals surface area contributed by atoms with Gasteiger partial charge in [0.2, 0.25) is 5.91 Å². The van der Waals surface area contributed by atoms with E-state index < -0.39 is 5.91 Å². The lowest BCUT2D eigenvalue weighted by atomic mass is 9.91. The lowest BCUT2D eigenvalue weighted by Gasteiger charge is -2.36. The number of nitrogens with zero attached hydrogens (tertiary/aromatic N) is 2. The highest BCUT2D eigenvalue weighted by Crippen LogP contribution is 2.31. The number of piperidine rings is 1. The topological polar surface area (TPSA) is 114 Å². The predicted molar refractivity (Wildman–Crippen MR) is 74.0 cm³/mol. The van der Waals surface area contributed by atoms with Crippen LogP contribution in [-0.2, 0) is 4.79 Å². The van der Waals surface area contributed by atoms with Gasteiger partial charge in [0, 0.05) is 13.1 Å². The maximum absolute atomic E-state index is 11.8. The van der Waals surface area contributed by atoms with Gasteiger partial charge >= 0.3 is 0 Å². The van der Waals surface area contributed by atoms with Crippen LogP contribution in [0.3, 0.4) is 0 Å². The van der Waals surface area contributed by atoms with E-state index in [1.165, 1.54) is 6.20 Å². The molecule has 2 atom stereocenters. The number of anilines is 2. The highest BCUT2D eigenvalue weighted by Gasteiger charge is 2.41. The molecule has 2 aliphatic rings. The van der Waals surface area contributed by atoms with Gasteiger partial charge in [-0.05, 0) is 18.9 Å². The second kappa shape index (κ2) is 4.66. The Bertz CT molecular complexity index is 574. The first kappa shape index (κ1) is 12.7. The lowest BCUT2D eigenvalue weighted by Crippen LogP contribution is -2.46. The minimum absolute atomic E-state index is 0.000121. The number of hydrogen-bond donors (Lipinski definition) is 3. The van der Waals surface area contributed by atoms with E-state index in [1.807, 2.05) is 0 Å². The molecule has 0 saturated carbocycles. The van der Waals surface area contributed by atoms with Gasteiger partial charge in [-0.25, -0.2) is 4.98 Å². The van der Waals surface area contributed by atoms with Gasteiger partial charge in [0.15, 0.2) is 0 Å². The molecule has 7 heteroatoms. The van der Waals surface area contributed by atoms with Crippen molar-refractivity contribution < 1.29 is 9.59 Å². The van der Waals surface area contributed by atoms with Gasteiger partial charge in [-0.2, -0.15) is 0 Å². The molecule has 7 nitrogen and oxygen atoms in total. The monoisotopic (exact) mass is 275 g/mol. The summed E-state index contributed by atoms with van der Waals surface area (Å²) in [5.74, 6) is 0.185. The number of nitrogen functional groups attached to an aromatic ring is 1. The van der Waals surface area contributed by atoms with E-state index in [1.54, 1.807) is 6.07 Å². The van der Waals surface area contributed by atoms with E-state index in [0.29, 0.717) is 12.4 Å². The summed E-state index contributed by atoms with van der Waals surface area (Å²) in [7, 11) is 0. The van der Waals surface area contributed by atoms with E-state index in [-0.39, 0.29) is 29.1 Å². The zero-order valence-electron chi connectivity index (χ0n) is 11.0. The van der Waals surface area contributed by atoms with Gasteiger partial charge in [0.25, 0.3) is 5.91 Å². The summed E-state index contributed by atoms with van der Waals surface area (Å²) in [5.41, 5.74) is 11.6. The molecule has 0 bridgehead atoms. The molecule has 3 rings (SSSR count). The molecule has 0 aromatic carbocycles. The number of pyridine rings is 1. The van der Waals surface area contributed by atoms with Gasteiger partial charge in [-0.15, -0.1) is 0 Å². The van der Waals surface area contributed by atoms with Crippen LogP contribution in [0, 0.1) is 5.92 Å². The fourth-order valence-corrected chi connectivity index (χ4v) is 3.06. The number of fused-ring (bicyclic) bond motifs is 1. The summed E-state index contributed by atoms with van der Waals surface area (Å²) in [6, 6.07) is 1.70. The first-order valence-corrected chi connectivity index (χ1v) is 6.67. The van der Waals surface area contributed by atoms with Crippen molar-refractivity contribution in [1.29, 1.82) is 0 Å². The largest absolute Gasteiger partial charge is 0.397 e. The zero-order valence-corrected chi connectivity index (χ0v) is 11.0. The Morgan fingerprint density at radius 1 is 1.50 bits per heavy atom. The Morgan fingerprint density at radius 3 is 3.05 bits per heavy atom. The van der Waals surface area contributed by atoms with E-state index >= 15 is 0 Å². The molecule has 3 heterocycles. The van der Waals surface area contributed by atoms with Crippen LogP contribution < -0.4 is 21.7 Å². The maximum atomic E-state index is 11.8. The Labute approximate surface area is 116 Å². The van der Waals surface area contributed by atoms with Crippen molar-refractivity contribution in [2.24, 2.45) is 11.7 Å². The van der Waals surface area contributed by atoms with Crippen molar-refractivity contribution in [2.75, 3.05) is 23.7 Å². The quantitative estimate of drug-likeness (QED) is 0.671. The molecular formula is C13H17N5O2. The molecule has 2 fully saturated rings. The number of aromatic nitrogens is 1. The summed E-state index contributed by atoms with van der Waals surface area (Å²) in [5, 5.41) is 2.89. The molecule has 2 saturated heterocycles. The summed E-state index contributed by atoms with van der Waals surface area (Å²) in [4.78, 5) is 29.5. The number of nitrogens with one attached hydrogen (secondary N) is 1. The molecule has 2 aliphatic heterocycles. The first-order chi connectivity index (χ1) is 9.58. The minimum Gasteiger partial charge on any atom is -0.397 e. The standard InChI is InChI=1S/C13H17N5O2/c14-9-5-16-11(4-8(9)12(15)19)18-3-1-2-7-10(18)6-17-13(7)20/h4-5,7,10H,1-3,6,14H2,(H2,15,19)(H,17,20). The maximum Gasteiger partial charge on any atom is 0.250 e. The van der Waals surface area contributed by atoms with Crippen LogP contribution >= 0.6 is 0 Å². The van der Waals surface area contributed by atoms with E-state index in [0.717, 1.165) is 19.4 Å². The van der Waals surface area contributed by atoms with Crippen molar-refractivity contribution >= 4 is 23.3 Å². The SMILES string of the molecule is NC(=O)c1cc(N2CCCC3C(=O)NCC32)ncc1N. The van der Waals surface area contributed by atoms with Crippen molar-refractivity contribution in [3.8, 4) is 0 Å². The molecule has 0 aliphatic carbocycles. The number of carbonyl (C=O) groups is 2. The number of rotatable bonds is 2. The molecule has 2 unspecified atom stereocenters. The van der Waals surface area contributed by atoms with Gasteiger partial charge in [0.05, 0.1) is 29.4 Å². The summed E-state index contributed by atoms with van der Waals surface area (Å²) < 4.78 is 0. The van der Waals surface area contributed by atoms with Crippen LogP contribution in [0.2, 0.25) is 0 Å². The molecule has 5 N–H and O–H groups in total. The van der Waals surface area contributed by atoms with Crippen LogP contribution in [0.4, 0.5) is 11.5 Å². The van der Waals surface area contributed by atoms with Gasteiger partial charge in [-0.1, -0.05) is 0 Å². The van der Waals surface area contributed by atoms with Gasteiger partial charge in [0.1, 0.15) is 5.82 Å². The van der Waals surface area contributed by atoms with Crippen molar-refractivity contribution in [2.45, 2.75) is 18.9 Å². The smallest absolute Gasteiger partial charge is 0.250 e. The summed E-state index contributed by atoms with van der Waals surface area (Å²) in [6.07, 6.45) is 3.26. The van der Waals surface area contributed by atoms with Crippen molar-refractivity contribution in [3.63, 3.8) is 0 Å². The molecule has 1 aromatic heterocycles. The number of primary amides is 1. The minimum atomic E-state index is -0.569. The van der Waals surface area contributed by atoms with E-state index in [2.05, 4.69) is 15.2 Å². The molecular weight excluding hydrogens is 258 g/mol. The van der Waals surface area contributed by atoms with Crippen LogP contribution in [0.5, 0.6) is 0 Å².